The lowest BCUT2D eigenvalue weighted by Crippen LogP contribution is -2.09. The van der Waals surface area contributed by atoms with Gasteiger partial charge in [-0.1, -0.05) is 12.1 Å². The molecule has 1 aliphatic heterocycles. The molecule has 1 aromatic rings. The number of fused-ring (bicyclic) bond motifs is 1. The van der Waals surface area contributed by atoms with Crippen molar-refractivity contribution in [1.82, 2.24) is 0 Å². The lowest BCUT2D eigenvalue weighted by Gasteiger charge is -2.19. The topological polar surface area (TPSA) is 21.8 Å². The predicted octanol–water partition coefficient (Wildman–Crippen LogP) is 2.34. The standard InChI is InChI=1S/C13H16O2/c1-2-6-12-10(4-1)5-3-7-13(12)15-9-11-8-14-11/h3,5,7,11H,1-2,4,6,8-9H2/t11-/m0/s1. The van der Waals surface area contributed by atoms with E-state index in [1.54, 1.807) is 0 Å². The maximum atomic E-state index is 5.80. The SMILES string of the molecule is c1cc2c(c(OC[C@@H]3CO3)c1)CCCC2. The number of rotatable bonds is 3. The molecule has 1 aromatic carbocycles. The van der Waals surface area contributed by atoms with E-state index >= 15 is 0 Å². The molecule has 1 fully saturated rings. The second kappa shape index (κ2) is 3.86. The molecule has 0 amide bonds. The summed E-state index contributed by atoms with van der Waals surface area (Å²) in [6.45, 7) is 1.59. The van der Waals surface area contributed by atoms with Crippen LogP contribution in [-0.2, 0) is 17.6 Å². The van der Waals surface area contributed by atoms with Gasteiger partial charge in [0.15, 0.2) is 0 Å². The van der Waals surface area contributed by atoms with Gasteiger partial charge >= 0.3 is 0 Å². The average molecular weight is 204 g/mol. The molecule has 0 bridgehead atoms. The molecule has 80 valence electrons. The van der Waals surface area contributed by atoms with E-state index in [1.165, 1.54) is 36.8 Å². The molecule has 2 aliphatic rings. The fourth-order valence-corrected chi connectivity index (χ4v) is 2.23. The van der Waals surface area contributed by atoms with Crippen molar-refractivity contribution in [1.29, 1.82) is 0 Å². The first-order valence-corrected chi connectivity index (χ1v) is 5.78. The Bertz CT molecular complexity index is 356. The van der Waals surface area contributed by atoms with Crippen LogP contribution >= 0.6 is 0 Å². The van der Waals surface area contributed by atoms with E-state index in [1.807, 2.05) is 0 Å². The monoisotopic (exact) mass is 204 g/mol. The zero-order valence-corrected chi connectivity index (χ0v) is 8.87. The third-order valence-corrected chi connectivity index (χ3v) is 3.18. The fourth-order valence-electron chi connectivity index (χ4n) is 2.23. The molecule has 1 saturated heterocycles. The summed E-state index contributed by atoms with van der Waals surface area (Å²) < 4.78 is 11.0. The fraction of sp³-hybridized carbons (Fsp3) is 0.538. The number of benzene rings is 1. The normalized spacial score (nSPS) is 23.3. The van der Waals surface area contributed by atoms with Gasteiger partial charge in [-0.05, 0) is 42.9 Å². The van der Waals surface area contributed by atoms with Gasteiger partial charge < -0.3 is 9.47 Å². The summed E-state index contributed by atoms with van der Waals surface area (Å²) in [6.07, 6.45) is 5.36. The zero-order chi connectivity index (χ0) is 10.1. The van der Waals surface area contributed by atoms with Crippen LogP contribution in [0.2, 0.25) is 0 Å². The molecule has 1 aliphatic carbocycles. The first-order chi connectivity index (χ1) is 7.43. The van der Waals surface area contributed by atoms with Crippen molar-refractivity contribution < 1.29 is 9.47 Å². The smallest absolute Gasteiger partial charge is 0.122 e. The second-order valence-corrected chi connectivity index (χ2v) is 4.37. The highest BCUT2D eigenvalue weighted by atomic mass is 16.6. The Hall–Kier alpha value is -1.02. The first kappa shape index (κ1) is 9.22. The predicted molar refractivity (Wildman–Crippen MR) is 58.3 cm³/mol. The van der Waals surface area contributed by atoms with Crippen LogP contribution in [-0.4, -0.2) is 19.3 Å². The molecule has 15 heavy (non-hydrogen) atoms. The van der Waals surface area contributed by atoms with E-state index in [0.717, 1.165) is 19.0 Å². The average Bonchev–Trinajstić information content (AvgIpc) is 3.10. The highest BCUT2D eigenvalue weighted by Gasteiger charge is 2.24. The van der Waals surface area contributed by atoms with Crippen molar-refractivity contribution >= 4 is 0 Å². The molecule has 0 aromatic heterocycles. The third kappa shape index (κ3) is 2.00. The van der Waals surface area contributed by atoms with E-state index in [9.17, 15) is 0 Å². The molecule has 0 unspecified atom stereocenters. The summed E-state index contributed by atoms with van der Waals surface area (Å²) in [5.41, 5.74) is 2.92. The molecule has 2 heteroatoms. The molecule has 1 atom stereocenters. The van der Waals surface area contributed by atoms with Crippen molar-refractivity contribution in [2.75, 3.05) is 13.2 Å². The Morgan fingerprint density at radius 1 is 1.27 bits per heavy atom. The van der Waals surface area contributed by atoms with Crippen molar-refractivity contribution in [3.63, 3.8) is 0 Å². The largest absolute Gasteiger partial charge is 0.490 e. The Labute approximate surface area is 90.2 Å². The van der Waals surface area contributed by atoms with Crippen LogP contribution in [0.4, 0.5) is 0 Å². The Kier molecular flexibility index (Phi) is 2.37. The quantitative estimate of drug-likeness (QED) is 0.705. The van der Waals surface area contributed by atoms with Gasteiger partial charge in [-0.15, -0.1) is 0 Å². The van der Waals surface area contributed by atoms with Crippen LogP contribution in [0.25, 0.3) is 0 Å². The van der Waals surface area contributed by atoms with Crippen LogP contribution in [0.3, 0.4) is 0 Å². The van der Waals surface area contributed by atoms with E-state index in [2.05, 4.69) is 18.2 Å². The number of epoxide rings is 1. The Balaban J connectivity index is 1.79. The molecular weight excluding hydrogens is 188 g/mol. The van der Waals surface area contributed by atoms with Crippen LogP contribution in [0.15, 0.2) is 18.2 Å². The highest BCUT2D eigenvalue weighted by molar-refractivity contribution is 5.41. The van der Waals surface area contributed by atoms with Gasteiger partial charge in [-0.2, -0.15) is 0 Å². The van der Waals surface area contributed by atoms with Crippen molar-refractivity contribution in [3.05, 3.63) is 29.3 Å². The van der Waals surface area contributed by atoms with Crippen LogP contribution in [0, 0.1) is 0 Å². The minimum Gasteiger partial charge on any atom is -0.490 e. The molecule has 0 N–H and O–H groups in total. The molecule has 1 heterocycles. The van der Waals surface area contributed by atoms with Crippen molar-refractivity contribution in [2.45, 2.75) is 31.8 Å². The van der Waals surface area contributed by atoms with Gasteiger partial charge in [0.05, 0.1) is 6.61 Å². The first-order valence-electron chi connectivity index (χ1n) is 5.78. The summed E-state index contributed by atoms with van der Waals surface area (Å²) in [6, 6.07) is 6.43. The second-order valence-electron chi connectivity index (χ2n) is 4.37. The summed E-state index contributed by atoms with van der Waals surface area (Å²) in [5.74, 6) is 1.09. The van der Waals surface area contributed by atoms with E-state index in [0.29, 0.717) is 6.10 Å². The minimum atomic E-state index is 0.351. The van der Waals surface area contributed by atoms with E-state index in [-0.39, 0.29) is 0 Å². The molecule has 2 nitrogen and oxygen atoms in total. The summed E-state index contributed by atoms with van der Waals surface area (Å²) in [7, 11) is 0. The molecule has 3 rings (SSSR count). The van der Waals surface area contributed by atoms with Gasteiger partial charge in [0.1, 0.15) is 18.5 Å². The Morgan fingerprint density at radius 3 is 3.00 bits per heavy atom. The maximum Gasteiger partial charge on any atom is 0.122 e. The van der Waals surface area contributed by atoms with Crippen LogP contribution in [0.5, 0.6) is 5.75 Å². The highest BCUT2D eigenvalue weighted by Crippen LogP contribution is 2.29. The molecule has 0 saturated carbocycles. The van der Waals surface area contributed by atoms with Gasteiger partial charge in [0.2, 0.25) is 0 Å². The molecule has 0 spiro atoms. The minimum absolute atomic E-state index is 0.351. The lowest BCUT2D eigenvalue weighted by atomic mass is 9.91. The van der Waals surface area contributed by atoms with Crippen molar-refractivity contribution in [3.8, 4) is 5.75 Å². The summed E-state index contributed by atoms with van der Waals surface area (Å²) >= 11 is 0. The summed E-state index contributed by atoms with van der Waals surface area (Å²) in [4.78, 5) is 0. The molecule has 0 radical (unpaired) electrons. The van der Waals surface area contributed by atoms with E-state index < -0.39 is 0 Å². The maximum absolute atomic E-state index is 5.80. The van der Waals surface area contributed by atoms with Crippen LogP contribution in [0.1, 0.15) is 24.0 Å². The number of hydrogen-bond donors (Lipinski definition) is 0. The van der Waals surface area contributed by atoms with Crippen LogP contribution < -0.4 is 4.74 Å². The number of hydrogen-bond acceptors (Lipinski definition) is 2. The molecular formula is C13H16O2. The van der Waals surface area contributed by atoms with E-state index in [4.69, 9.17) is 9.47 Å². The van der Waals surface area contributed by atoms with Gasteiger partial charge in [-0.3, -0.25) is 0 Å². The van der Waals surface area contributed by atoms with Gasteiger partial charge in [-0.25, -0.2) is 0 Å². The van der Waals surface area contributed by atoms with Gasteiger partial charge in [0, 0.05) is 0 Å². The Morgan fingerprint density at radius 2 is 2.13 bits per heavy atom. The number of aryl methyl sites for hydroxylation is 1. The third-order valence-electron chi connectivity index (χ3n) is 3.18. The zero-order valence-electron chi connectivity index (χ0n) is 8.87. The summed E-state index contributed by atoms with van der Waals surface area (Å²) in [5, 5.41) is 0. The van der Waals surface area contributed by atoms with Gasteiger partial charge in [0.25, 0.3) is 0 Å². The van der Waals surface area contributed by atoms with Crippen molar-refractivity contribution in [2.24, 2.45) is 0 Å². The lowest BCUT2D eigenvalue weighted by molar-refractivity contribution is 0.260. The number of ether oxygens (including phenoxy) is 2.